The highest BCUT2D eigenvalue weighted by molar-refractivity contribution is 5.34. The van der Waals surface area contributed by atoms with Crippen LogP contribution in [0.3, 0.4) is 0 Å². The van der Waals surface area contributed by atoms with Crippen LogP contribution in [0, 0.1) is 5.41 Å². The fourth-order valence-electron chi connectivity index (χ4n) is 4.97. The van der Waals surface area contributed by atoms with Crippen LogP contribution in [0.1, 0.15) is 76.7 Å². The van der Waals surface area contributed by atoms with Gasteiger partial charge in [0.15, 0.2) is 0 Å². The van der Waals surface area contributed by atoms with Crippen LogP contribution in [0.25, 0.3) is 0 Å². The molecule has 2 bridgehead atoms. The maximum Gasteiger partial charge on any atom is 0.389 e. The van der Waals surface area contributed by atoms with Gasteiger partial charge in [0.1, 0.15) is 5.75 Å². The fourth-order valence-corrected chi connectivity index (χ4v) is 4.97. The molecule has 0 atom stereocenters. The van der Waals surface area contributed by atoms with Crippen LogP contribution < -0.4 is 4.74 Å². The zero-order valence-corrected chi connectivity index (χ0v) is 15.1. The molecule has 3 aliphatic carbocycles. The normalized spacial score (nSPS) is 29.0. The summed E-state index contributed by atoms with van der Waals surface area (Å²) in [7, 11) is 0. The highest BCUT2D eigenvalue weighted by Gasteiger charge is 2.48. The highest BCUT2D eigenvalue weighted by atomic mass is 19.4. The fraction of sp³-hybridized carbons (Fsp3) is 0.714. The summed E-state index contributed by atoms with van der Waals surface area (Å²) in [5.74, 6) is 0.675. The monoisotopic (exact) mass is 354 g/mol. The first-order chi connectivity index (χ1) is 11.9. The second kappa shape index (κ2) is 7.20. The van der Waals surface area contributed by atoms with Crippen molar-refractivity contribution in [2.75, 3.05) is 6.61 Å². The molecule has 0 heterocycles. The predicted octanol–water partition coefficient (Wildman–Crippen LogP) is 6.80. The van der Waals surface area contributed by atoms with E-state index >= 15 is 0 Å². The Morgan fingerprint density at radius 1 is 0.960 bits per heavy atom. The van der Waals surface area contributed by atoms with Crippen molar-refractivity contribution in [1.82, 2.24) is 0 Å². The topological polar surface area (TPSA) is 9.23 Å². The van der Waals surface area contributed by atoms with Crippen molar-refractivity contribution in [2.45, 2.75) is 82.7 Å². The summed E-state index contributed by atoms with van der Waals surface area (Å²) in [6.07, 6.45) is 5.64. The van der Waals surface area contributed by atoms with Crippen molar-refractivity contribution in [2.24, 2.45) is 5.41 Å². The van der Waals surface area contributed by atoms with Gasteiger partial charge in [-0.3, -0.25) is 0 Å². The van der Waals surface area contributed by atoms with Crippen molar-refractivity contribution >= 4 is 0 Å². The lowest BCUT2D eigenvalue weighted by molar-refractivity contribution is -0.136. The summed E-state index contributed by atoms with van der Waals surface area (Å²) in [6, 6.07) is 8.13. The average Bonchev–Trinajstić information content (AvgIpc) is 2.60. The first kappa shape index (κ1) is 18.6. The minimum absolute atomic E-state index is 0.00863. The van der Waals surface area contributed by atoms with Gasteiger partial charge in [0.2, 0.25) is 0 Å². The molecule has 0 N–H and O–H groups in total. The number of alkyl halides is 3. The van der Waals surface area contributed by atoms with Crippen molar-refractivity contribution in [1.29, 1.82) is 0 Å². The molecular formula is C21H29F3O. The zero-order chi connectivity index (χ0) is 18.0. The summed E-state index contributed by atoms with van der Waals surface area (Å²) in [6.45, 7) is 2.40. The van der Waals surface area contributed by atoms with Gasteiger partial charge in [0.05, 0.1) is 6.61 Å². The van der Waals surface area contributed by atoms with E-state index in [0.29, 0.717) is 16.6 Å². The van der Waals surface area contributed by atoms with Crippen molar-refractivity contribution in [3.63, 3.8) is 0 Å². The number of hydrogen-bond donors (Lipinski definition) is 0. The van der Waals surface area contributed by atoms with E-state index in [-0.39, 0.29) is 13.0 Å². The molecule has 140 valence electrons. The second-order valence-electron chi connectivity index (χ2n) is 8.12. The lowest BCUT2D eigenvalue weighted by atomic mass is 9.51. The number of hydrogen-bond acceptors (Lipinski definition) is 1. The summed E-state index contributed by atoms with van der Waals surface area (Å²) in [5.41, 5.74) is 2.32. The summed E-state index contributed by atoms with van der Waals surface area (Å²) in [5, 5.41) is 0. The van der Waals surface area contributed by atoms with Crippen LogP contribution in [0.5, 0.6) is 5.75 Å². The molecular weight excluding hydrogens is 325 g/mol. The Labute approximate surface area is 149 Å². The van der Waals surface area contributed by atoms with Crippen molar-refractivity contribution < 1.29 is 17.9 Å². The smallest absolute Gasteiger partial charge is 0.389 e. The van der Waals surface area contributed by atoms with E-state index in [1.807, 2.05) is 12.1 Å². The minimum Gasteiger partial charge on any atom is -0.494 e. The van der Waals surface area contributed by atoms with Crippen LogP contribution in [0.2, 0.25) is 0 Å². The third-order valence-corrected chi connectivity index (χ3v) is 6.52. The predicted molar refractivity (Wildman–Crippen MR) is 93.9 cm³/mol. The van der Waals surface area contributed by atoms with Crippen LogP contribution in [-0.4, -0.2) is 12.8 Å². The number of halogens is 3. The molecule has 0 amide bonds. The van der Waals surface area contributed by atoms with Gasteiger partial charge in [-0.2, -0.15) is 13.2 Å². The standard InChI is InChI=1S/C21H29F3O/c1-2-8-19-10-13-20(14-11-19,15-12-19)17-4-6-18(7-5-17)25-16-3-9-21(22,23)24/h4-7H,2-3,8-16H2,1H3. The van der Waals surface area contributed by atoms with Crippen molar-refractivity contribution in [3.05, 3.63) is 29.8 Å². The van der Waals surface area contributed by atoms with Crippen LogP contribution in [0.4, 0.5) is 13.2 Å². The first-order valence-electron chi connectivity index (χ1n) is 9.67. The summed E-state index contributed by atoms with van der Waals surface area (Å²) < 4.78 is 41.9. The molecule has 0 spiro atoms. The third kappa shape index (κ3) is 4.32. The molecule has 0 aromatic heterocycles. The minimum atomic E-state index is -4.10. The van der Waals surface area contributed by atoms with E-state index in [2.05, 4.69) is 19.1 Å². The first-order valence-corrected chi connectivity index (χ1v) is 9.67. The number of fused-ring (bicyclic) bond motifs is 3. The van der Waals surface area contributed by atoms with Gasteiger partial charge in [0.25, 0.3) is 0 Å². The Balaban J connectivity index is 1.55. The van der Waals surface area contributed by atoms with Gasteiger partial charge in [-0.05, 0) is 79.9 Å². The molecule has 3 aliphatic rings. The van der Waals surface area contributed by atoms with Gasteiger partial charge in [-0.1, -0.05) is 25.5 Å². The van der Waals surface area contributed by atoms with Gasteiger partial charge in [0, 0.05) is 6.42 Å². The largest absolute Gasteiger partial charge is 0.494 e. The van der Waals surface area contributed by atoms with Gasteiger partial charge >= 0.3 is 6.18 Å². The van der Waals surface area contributed by atoms with Crippen LogP contribution in [-0.2, 0) is 5.41 Å². The molecule has 0 unspecified atom stereocenters. The third-order valence-electron chi connectivity index (χ3n) is 6.52. The molecule has 25 heavy (non-hydrogen) atoms. The maximum absolute atomic E-state index is 12.1. The molecule has 1 nitrogen and oxygen atoms in total. The molecule has 1 aromatic carbocycles. The van der Waals surface area contributed by atoms with Crippen LogP contribution >= 0.6 is 0 Å². The zero-order valence-electron chi connectivity index (χ0n) is 15.1. The Hall–Kier alpha value is -1.19. The lowest BCUT2D eigenvalue weighted by Crippen LogP contribution is -2.44. The van der Waals surface area contributed by atoms with E-state index < -0.39 is 12.6 Å². The maximum atomic E-state index is 12.1. The van der Waals surface area contributed by atoms with E-state index in [1.165, 1.54) is 56.9 Å². The van der Waals surface area contributed by atoms with Crippen molar-refractivity contribution in [3.8, 4) is 5.75 Å². The van der Waals surface area contributed by atoms with E-state index in [0.717, 1.165) is 0 Å². The Kier molecular flexibility index (Phi) is 5.36. The number of ether oxygens (including phenoxy) is 1. The average molecular weight is 354 g/mol. The number of benzene rings is 1. The molecule has 3 fully saturated rings. The van der Waals surface area contributed by atoms with Crippen LogP contribution in [0.15, 0.2) is 24.3 Å². The van der Waals surface area contributed by atoms with E-state index in [9.17, 15) is 13.2 Å². The summed E-state index contributed by atoms with van der Waals surface area (Å²) in [4.78, 5) is 0. The quantitative estimate of drug-likeness (QED) is 0.489. The Bertz CT molecular complexity index is 537. The van der Waals surface area contributed by atoms with E-state index in [4.69, 9.17) is 4.74 Å². The molecule has 4 rings (SSSR count). The molecule has 0 radical (unpaired) electrons. The van der Waals surface area contributed by atoms with Gasteiger partial charge in [-0.25, -0.2) is 0 Å². The second-order valence-corrected chi connectivity index (χ2v) is 8.12. The lowest BCUT2D eigenvalue weighted by Gasteiger charge is -2.54. The Morgan fingerprint density at radius 2 is 1.56 bits per heavy atom. The molecule has 0 saturated heterocycles. The highest BCUT2D eigenvalue weighted by Crippen LogP contribution is 2.59. The SMILES string of the molecule is CCCC12CCC(c3ccc(OCCCC(F)(F)F)cc3)(CC1)CC2. The Morgan fingerprint density at radius 3 is 2.08 bits per heavy atom. The van der Waals surface area contributed by atoms with Gasteiger partial charge in [-0.15, -0.1) is 0 Å². The van der Waals surface area contributed by atoms with Gasteiger partial charge < -0.3 is 4.74 Å². The summed E-state index contributed by atoms with van der Waals surface area (Å²) >= 11 is 0. The molecule has 1 aromatic rings. The molecule has 0 aliphatic heterocycles. The number of rotatable bonds is 7. The molecule has 4 heteroatoms. The molecule has 3 saturated carbocycles. The van der Waals surface area contributed by atoms with E-state index in [1.54, 1.807) is 0 Å².